The average molecular weight is 263 g/mol. The molecule has 1 aliphatic rings. The van der Waals surface area contributed by atoms with Crippen molar-refractivity contribution in [3.63, 3.8) is 0 Å². The van der Waals surface area contributed by atoms with E-state index in [0.717, 1.165) is 12.8 Å². The van der Waals surface area contributed by atoms with E-state index < -0.39 is 23.9 Å². The molecule has 16 heavy (non-hydrogen) atoms. The molecule has 1 unspecified atom stereocenters. The molecule has 1 aliphatic carbocycles. The van der Waals surface area contributed by atoms with Crippen LogP contribution in [0.4, 0.5) is 22.0 Å². The minimum Gasteiger partial charge on any atom is -0.329 e. The first-order valence-corrected chi connectivity index (χ1v) is 6.03. The van der Waals surface area contributed by atoms with Crippen LogP contribution in [0.25, 0.3) is 0 Å². The molecule has 0 heterocycles. The maximum Gasteiger partial charge on any atom is 0.454 e. The van der Waals surface area contributed by atoms with Gasteiger partial charge < -0.3 is 5.73 Å². The molecule has 0 bridgehead atoms. The lowest BCUT2D eigenvalue weighted by Gasteiger charge is -2.29. The molecule has 7 heteroatoms. The van der Waals surface area contributed by atoms with Crippen molar-refractivity contribution in [3.05, 3.63) is 0 Å². The molecule has 0 radical (unpaired) electrons. The second-order valence-corrected chi connectivity index (χ2v) is 5.40. The molecule has 0 aromatic rings. The van der Waals surface area contributed by atoms with Crippen LogP contribution in [0.1, 0.15) is 25.7 Å². The summed E-state index contributed by atoms with van der Waals surface area (Å²) in [4.78, 5) is 0. The molecule has 1 nitrogen and oxygen atoms in total. The second-order valence-electron chi connectivity index (χ2n) is 3.89. The molecular formula is C9H14F5NS. The van der Waals surface area contributed by atoms with Crippen molar-refractivity contribution < 1.29 is 22.0 Å². The summed E-state index contributed by atoms with van der Waals surface area (Å²) in [5.41, 5.74) is 5.03. The zero-order valence-electron chi connectivity index (χ0n) is 8.57. The van der Waals surface area contributed by atoms with Gasteiger partial charge in [-0.15, -0.1) is 11.8 Å². The number of hydrogen-bond donors (Lipinski definition) is 1. The molecule has 0 spiro atoms. The summed E-state index contributed by atoms with van der Waals surface area (Å²) in [7, 11) is 0. The van der Waals surface area contributed by atoms with Gasteiger partial charge in [-0.1, -0.05) is 12.8 Å². The van der Waals surface area contributed by atoms with Gasteiger partial charge in [0.05, 0.1) is 5.25 Å². The molecule has 1 fully saturated rings. The molecular weight excluding hydrogens is 249 g/mol. The number of alkyl halides is 5. The third-order valence-electron chi connectivity index (χ3n) is 2.66. The van der Waals surface area contributed by atoms with Crippen molar-refractivity contribution in [3.8, 4) is 0 Å². The van der Waals surface area contributed by atoms with Gasteiger partial charge in [0.25, 0.3) is 0 Å². The van der Waals surface area contributed by atoms with Crippen molar-refractivity contribution in [1.82, 2.24) is 0 Å². The lowest BCUT2D eigenvalue weighted by Crippen LogP contribution is -2.49. The minimum absolute atomic E-state index is 0.109. The molecule has 0 aliphatic heterocycles. The molecule has 0 saturated heterocycles. The highest BCUT2D eigenvalue weighted by atomic mass is 32.2. The standard InChI is InChI=1S/C9H14F5NS/c10-8(11,9(12,13)14)7(5-15)16-6-3-1-2-4-6/h6-7H,1-5,15H2. The van der Waals surface area contributed by atoms with Crippen LogP contribution >= 0.6 is 11.8 Å². The van der Waals surface area contributed by atoms with Crippen LogP contribution in [0, 0.1) is 0 Å². The van der Waals surface area contributed by atoms with Gasteiger partial charge in [0, 0.05) is 11.8 Å². The highest BCUT2D eigenvalue weighted by molar-refractivity contribution is 8.00. The third kappa shape index (κ3) is 3.00. The first-order valence-electron chi connectivity index (χ1n) is 5.09. The summed E-state index contributed by atoms with van der Waals surface area (Å²) in [6.45, 7) is -0.659. The van der Waals surface area contributed by atoms with E-state index in [0.29, 0.717) is 24.6 Å². The quantitative estimate of drug-likeness (QED) is 0.788. The fraction of sp³-hybridized carbons (Fsp3) is 1.00. The zero-order chi connectivity index (χ0) is 12.4. The van der Waals surface area contributed by atoms with E-state index >= 15 is 0 Å². The lowest BCUT2D eigenvalue weighted by atomic mass is 10.2. The molecule has 96 valence electrons. The summed E-state index contributed by atoms with van der Waals surface area (Å²) in [6.07, 6.45) is -2.31. The monoisotopic (exact) mass is 263 g/mol. The normalized spacial score (nSPS) is 21.4. The van der Waals surface area contributed by atoms with Crippen molar-refractivity contribution in [2.24, 2.45) is 5.73 Å². The van der Waals surface area contributed by atoms with Crippen LogP contribution in [0.15, 0.2) is 0 Å². The molecule has 0 amide bonds. The summed E-state index contributed by atoms with van der Waals surface area (Å²) in [6, 6.07) is 0. The summed E-state index contributed by atoms with van der Waals surface area (Å²) < 4.78 is 62.4. The van der Waals surface area contributed by atoms with E-state index in [1.165, 1.54) is 0 Å². The summed E-state index contributed by atoms with van der Waals surface area (Å²) in [5, 5.41) is -1.97. The zero-order valence-corrected chi connectivity index (χ0v) is 9.38. The topological polar surface area (TPSA) is 26.0 Å². The van der Waals surface area contributed by atoms with Crippen LogP contribution in [0.5, 0.6) is 0 Å². The average Bonchev–Trinajstić information content (AvgIpc) is 2.64. The van der Waals surface area contributed by atoms with Crippen molar-refractivity contribution in [2.45, 2.75) is 48.3 Å². The number of thioether (sulfide) groups is 1. The van der Waals surface area contributed by atoms with Gasteiger partial charge in [0.15, 0.2) is 0 Å². The highest BCUT2D eigenvalue weighted by Gasteiger charge is 2.62. The van der Waals surface area contributed by atoms with Gasteiger partial charge in [0.1, 0.15) is 0 Å². The Labute approximate surface area is 94.9 Å². The molecule has 1 saturated carbocycles. The van der Waals surface area contributed by atoms with Crippen LogP contribution in [0.3, 0.4) is 0 Å². The Morgan fingerprint density at radius 2 is 1.62 bits per heavy atom. The van der Waals surface area contributed by atoms with Crippen LogP contribution in [0.2, 0.25) is 0 Å². The first-order chi connectivity index (χ1) is 7.29. The Balaban J connectivity index is 2.65. The fourth-order valence-corrected chi connectivity index (χ4v) is 3.21. The fourth-order valence-electron chi connectivity index (χ4n) is 1.73. The van der Waals surface area contributed by atoms with Crippen molar-refractivity contribution in [1.29, 1.82) is 0 Å². The summed E-state index contributed by atoms with van der Waals surface area (Å²) in [5.74, 6) is -4.70. The highest BCUT2D eigenvalue weighted by Crippen LogP contribution is 2.45. The minimum atomic E-state index is -5.51. The Hall–Kier alpha value is -0.0400. The number of hydrogen-bond acceptors (Lipinski definition) is 2. The van der Waals surface area contributed by atoms with E-state index in [9.17, 15) is 22.0 Å². The van der Waals surface area contributed by atoms with Gasteiger partial charge >= 0.3 is 12.1 Å². The van der Waals surface area contributed by atoms with Gasteiger partial charge in [-0.05, 0) is 12.8 Å². The Morgan fingerprint density at radius 1 is 1.12 bits per heavy atom. The van der Waals surface area contributed by atoms with Gasteiger partial charge in [-0.25, -0.2) is 0 Å². The second kappa shape index (κ2) is 5.08. The third-order valence-corrected chi connectivity index (χ3v) is 4.33. The molecule has 2 N–H and O–H groups in total. The van der Waals surface area contributed by atoms with Crippen molar-refractivity contribution in [2.75, 3.05) is 6.54 Å². The Morgan fingerprint density at radius 3 is 2.00 bits per heavy atom. The van der Waals surface area contributed by atoms with E-state index in [-0.39, 0.29) is 5.25 Å². The van der Waals surface area contributed by atoms with Crippen LogP contribution in [-0.2, 0) is 0 Å². The van der Waals surface area contributed by atoms with Gasteiger partial charge in [-0.2, -0.15) is 22.0 Å². The molecule has 1 atom stereocenters. The first kappa shape index (κ1) is 14.0. The summed E-state index contributed by atoms with van der Waals surface area (Å²) >= 11 is 0.691. The SMILES string of the molecule is NCC(SC1CCCC1)C(F)(F)C(F)(F)F. The van der Waals surface area contributed by atoms with Crippen LogP contribution in [-0.4, -0.2) is 29.1 Å². The molecule has 1 rings (SSSR count). The predicted octanol–water partition coefficient (Wildman–Crippen LogP) is 3.19. The van der Waals surface area contributed by atoms with E-state index in [4.69, 9.17) is 5.73 Å². The maximum atomic E-state index is 13.0. The number of nitrogens with two attached hydrogens (primary N) is 1. The molecule has 0 aromatic carbocycles. The van der Waals surface area contributed by atoms with E-state index in [1.807, 2.05) is 0 Å². The van der Waals surface area contributed by atoms with Gasteiger partial charge in [0.2, 0.25) is 0 Å². The maximum absolute atomic E-state index is 13.0. The predicted molar refractivity (Wildman–Crippen MR) is 53.7 cm³/mol. The van der Waals surface area contributed by atoms with Crippen molar-refractivity contribution >= 4 is 11.8 Å². The van der Waals surface area contributed by atoms with Crippen LogP contribution < -0.4 is 5.73 Å². The lowest BCUT2D eigenvalue weighted by molar-refractivity contribution is -0.280. The van der Waals surface area contributed by atoms with E-state index in [2.05, 4.69) is 0 Å². The van der Waals surface area contributed by atoms with Gasteiger partial charge in [-0.3, -0.25) is 0 Å². The smallest absolute Gasteiger partial charge is 0.329 e. The Kier molecular flexibility index (Phi) is 4.45. The van der Waals surface area contributed by atoms with E-state index in [1.54, 1.807) is 0 Å². The number of rotatable bonds is 4. The molecule has 0 aromatic heterocycles. The Bertz CT molecular complexity index is 224. The number of halogens is 5. The largest absolute Gasteiger partial charge is 0.454 e.